The van der Waals surface area contributed by atoms with Gasteiger partial charge in [-0.25, -0.2) is 9.67 Å². The molecule has 0 bridgehead atoms. The highest BCUT2D eigenvalue weighted by molar-refractivity contribution is 6.33. The summed E-state index contributed by atoms with van der Waals surface area (Å²) < 4.78 is 1.64. The van der Waals surface area contributed by atoms with Crippen LogP contribution in [-0.2, 0) is 0 Å². The minimum absolute atomic E-state index is 0.242. The second-order valence-corrected chi connectivity index (χ2v) is 6.17. The average Bonchev–Trinajstić information content (AvgIpc) is 2.97. The summed E-state index contributed by atoms with van der Waals surface area (Å²) in [5.41, 5.74) is 2.72. The van der Waals surface area contributed by atoms with Gasteiger partial charge in [0.25, 0.3) is 5.91 Å². The van der Waals surface area contributed by atoms with Crippen molar-refractivity contribution in [3.05, 3.63) is 65.1 Å². The first kappa shape index (κ1) is 17.0. The summed E-state index contributed by atoms with van der Waals surface area (Å²) in [7, 11) is 3.82. The zero-order valence-electron chi connectivity index (χ0n) is 14.2. The average molecular weight is 356 g/mol. The van der Waals surface area contributed by atoms with Gasteiger partial charge in [0.05, 0.1) is 28.2 Å². The third-order valence-electron chi connectivity index (χ3n) is 3.81. The number of rotatable bonds is 4. The van der Waals surface area contributed by atoms with Crippen LogP contribution in [0.5, 0.6) is 0 Å². The van der Waals surface area contributed by atoms with Crippen molar-refractivity contribution in [2.24, 2.45) is 0 Å². The fourth-order valence-corrected chi connectivity index (χ4v) is 2.84. The lowest BCUT2D eigenvalue weighted by molar-refractivity contribution is 0.102. The molecule has 0 aliphatic carbocycles. The molecule has 128 valence electrons. The summed E-state index contributed by atoms with van der Waals surface area (Å²) in [5.74, 6) is 0.422. The van der Waals surface area contributed by atoms with Crippen LogP contribution in [0.3, 0.4) is 0 Å². The van der Waals surface area contributed by atoms with E-state index < -0.39 is 0 Å². The first-order chi connectivity index (χ1) is 12.0. The normalized spacial score (nSPS) is 10.6. The fourth-order valence-electron chi connectivity index (χ4n) is 2.49. The number of carbonyl (C=O) groups is 1. The van der Waals surface area contributed by atoms with Crippen molar-refractivity contribution in [3.63, 3.8) is 0 Å². The van der Waals surface area contributed by atoms with Gasteiger partial charge >= 0.3 is 0 Å². The van der Waals surface area contributed by atoms with E-state index >= 15 is 0 Å². The Balaban J connectivity index is 1.83. The van der Waals surface area contributed by atoms with Gasteiger partial charge in [0.2, 0.25) is 0 Å². The number of pyridine rings is 1. The Morgan fingerprint density at radius 3 is 2.68 bits per heavy atom. The molecule has 0 aliphatic rings. The molecule has 6 nitrogen and oxygen atoms in total. The predicted molar refractivity (Wildman–Crippen MR) is 99.8 cm³/mol. The number of aromatic nitrogens is 3. The lowest BCUT2D eigenvalue weighted by Crippen LogP contribution is -2.14. The summed E-state index contributed by atoms with van der Waals surface area (Å²) in [6.07, 6.45) is 3.22. The lowest BCUT2D eigenvalue weighted by Gasteiger charge is -2.15. The third-order valence-corrected chi connectivity index (χ3v) is 4.11. The Bertz CT molecular complexity index is 905. The van der Waals surface area contributed by atoms with Crippen molar-refractivity contribution in [3.8, 4) is 5.82 Å². The van der Waals surface area contributed by atoms with E-state index in [1.165, 1.54) is 6.20 Å². The number of hydrogen-bond donors (Lipinski definition) is 1. The van der Waals surface area contributed by atoms with Crippen LogP contribution in [0.2, 0.25) is 5.02 Å². The summed E-state index contributed by atoms with van der Waals surface area (Å²) in [6.45, 7) is 1.83. The van der Waals surface area contributed by atoms with Gasteiger partial charge in [-0.2, -0.15) is 5.10 Å². The van der Waals surface area contributed by atoms with Gasteiger partial charge in [0, 0.05) is 26.0 Å². The molecule has 0 unspecified atom stereocenters. The van der Waals surface area contributed by atoms with Gasteiger partial charge in [-0.15, -0.1) is 0 Å². The van der Waals surface area contributed by atoms with Crippen LogP contribution in [-0.4, -0.2) is 34.8 Å². The van der Waals surface area contributed by atoms with Crippen molar-refractivity contribution in [2.45, 2.75) is 6.92 Å². The summed E-state index contributed by atoms with van der Waals surface area (Å²) in [5, 5.41) is 7.69. The van der Waals surface area contributed by atoms with E-state index in [9.17, 15) is 4.79 Å². The van der Waals surface area contributed by atoms with Gasteiger partial charge in [0.15, 0.2) is 5.82 Å². The fraction of sp³-hybridized carbons (Fsp3) is 0.167. The molecule has 0 spiro atoms. The number of carbonyl (C=O) groups excluding carboxylic acids is 1. The number of nitrogens with zero attached hydrogens (tertiary/aromatic N) is 4. The van der Waals surface area contributed by atoms with Crippen LogP contribution in [0.4, 0.5) is 11.4 Å². The molecule has 25 heavy (non-hydrogen) atoms. The lowest BCUT2D eigenvalue weighted by atomic mass is 10.2. The van der Waals surface area contributed by atoms with Gasteiger partial charge in [-0.05, 0) is 37.3 Å². The number of hydrogen-bond acceptors (Lipinski definition) is 4. The third kappa shape index (κ3) is 3.49. The molecule has 1 N–H and O–H groups in total. The van der Waals surface area contributed by atoms with Crippen molar-refractivity contribution < 1.29 is 4.79 Å². The standard InChI is InChI=1S/C18H18ClN5O/c1-12-14(11-21-24(12)17-6-4-5-9-20-17)18(25)22-13-7-8-16(23(2)3)15(19)10-13/h4-11H,1-3H3,(H,22,25). The molecule has 7 heteroatoms. The van der Waals surface area contributed by atoms with Crippen molar-refractivity contribution in [1.29, 1.82) is 0 Å². The molecular formula is C18H18ClN5O. The Kier molecular flexibility index (Phi) is 4.72. The molecule has 0 fully saturated rings. The molecule has 1 aromatic carbocycles. The molecule has 2 heterocycles. The van der Waals surface area contributed by atoms with Crippen LogP contribution < -0.4 is 10.2 Å². The molecule has 0 atom stereocenters. The van der Waals surface area contributed by atoms with Crippen LogP contribution in [0.1, 0.15) is 16.1 Å². The molecular weight excluding hydrogens is 338 g/mol. The van der Waals surface area contributed by atoms with E-state index in [-0.39, 0.29) is 5.91 Å². The number of amides is 1. The minimum Gasteiger partial charge on any atom is -0.376 e. The number of nitrogens with one attached hydrogen (secondary N) is 1. The Hall–Kier alpha value is -2.86. The van der Waals surface area contributed by atoms with E-state index in [0.717, 1.165) is 5.69 Å². The zero-order chi connectivity index (χ0) is 18.0. The van der Waals surface area contributed by atoms with Crippen LogP contribution in [0.15, 0.2) is 48.8 Å². The molecule has 3 rings (SSSR count). The van der Waals surface area contributed by atoms with Crippen LogP contribution in [0.25, 0.3) is 5.82 Å². The Labute approximate surface area is 151 Å². The number of anilines is 2. The second-order valence-electron chi connectivity index (χ2n) is 5.76. The highest BCUT2D eigenvalue weighted by atomic mass is 35.5. The highest BCUT2D eigenvalue weighted by Crippen LogP contribution is 2.27. The van der Waals surface area contributed by atoms with E-state index in [0.29, 0.717) is 27.8 Å². The molecule has 1 amide bonds. The maximum atomic E-state index is 12.6. The van der Waals surface area contributed by atoms with E-state index in [4.69, 9.17) is 11.6 Å². The largest absolute Gasteiger partial charge is 0.376 e. The van der Waals surface area contributed by atoms with Gasteiger partial charge in [-0.3, -0.25) is 4.79 Å². The van der Waals surface area contributed by atoms with Crippen molar-refractivity contribution in [1.82, 2.24) is 14.8 Å². The molecule has 0 saturated carbocycles. The first-order valence-corrected chi connectivity index (χ1v) is 8.09. The Morgan fingerprint density at radius 1 is 1.24 bits per heavy atom. The Morgan fingerprint density at radius 2 is 2.04 bits per heavy atom. The molecule has 2 aromatic heterocycles. The van der Waals surface area contributed by atoms with Crippen LogP contribution in [0, 0.1) is 6.92 Å². The van der Waals surface area contributed by atoms with Gasteiger partial charge < -0.3 is 10.2 Å². The molecule has 0 saturated heterocycles. The maximum absolute atomic E-state index is 12.6. The first-order valence-electron chi connectivity index (χ1n) is 7.71. The minimum atomic E-state index is -0.242. The summed E-state index contributed by atoms with van der Waals surface area (Å²) in [6, 6.07) is 10.9. The zero-order valence-corrected chi connectivity index (χ0v) is 14.9. The molecule has 0 aliphatic heterocycles. The van der Waals surface area contributed by atoms with Gasteiger partial charge in [-0.1, -0.05) is 17.7 Å². The number of benzene rings is 1. The van der Waals surface area contributed by atoms with E-state index in [2.05, 4.69) is 15.4 Å². The van der Waals surface area contributed by atoms with Crippen LogP contribution >= 0.6 is 11.6 Å². The van der Waals surface area contributed by atoms with E-state index in [1.54, 1.807) is 16.9 Å². The molecule has 3 aromatic rings. The second kappa shape index (κ2) is 6.94. The highest BCUT2D eigenvalue weighted by Gasteiger charge is 2.16. The maximum Gasteiger partial charge on any atom is 0.259 e. The van der Waals surface area contributed by atoms with E-state index in [1.807, 2.05) is 56.3 Å². The van der Waals surface area contributed by atoms with Gasteiger partial charge in [0.1, 0.15) is 0 Å². The summed E-state index contributed by atoms with van der Waals surface area (Å²) in [4.78, 5) is 18.7. The summed E-state index contributed by atoms with van der Waals surface area (Å²) >= 11 is 6.25. The monoisotopic (exact) mass is 355 g/mol. The van der Waals surface area contributed by atoms with Crippen molar-refractivity contribution >= 4 is 28.9 Å². The number of halogens is 1. The SMILES string of the molecule is Cc1c(C(=O)Nc2ccc(N(C)C)c(Cl)c2)cnn1-c1ccccn1. The topological polar surface area (TPSA) is 63.1 Å². The molecule has 0 radical (unpaired) electrons. The van der Waals surface area contributed by atoms with Crippen molar-refractivity contribution in [2.75, 3.05) is 24.3 Å². The quantitative estimate of drug-likeness (QED) is 0.777. The predicted octanol–water partition coefficient (Wildman–Crippen LogP) is 3.55. The smallest absolute Gasteiger partial charge is 0.259 e.